The van der Waals surface area contributed by atoms with Crippen molar-refractivity contribution in [2.45, 2.75) is 0 Å². The normalized spacial score (nSPS) is 11.9. The Morgan fingerprint density at radius 3 is 1.70 bits per heavy atom. The summed E-state index contributed by atoms with van der Waals surface area (Å²) >= 11 is 0. The topological polar surface area (TPSA) is 61.4 Å². The fourth-order valence-corrected chi connectivity index (χ4v) is 8.62. The molecule has 0 atom stereocenters. The Morgan fingerprint density at radius 2 is 0.946 bits per heavy atom. The van der Waals surface area contributed by atoms with Crippen LogP contribution in [0.4, 0.5) is 0 Å². The number of hydrogen-bond acceptors (Lipinski definition) is 4. The lowest BCUT2D eigenvalue weighted by atomic mass is 10.0. The van der Waals surface area contributed by atoms with Crippen molar-refractivity contribution in [2.75, 3.05) is 0 Å². The average molecular weight is 715 g/mol. The smallest absolute Gasteiger partial charge is 0.182 e. The molecule has 4 heterocycles. The van der Waals surface area contributed by atoms with Gasteiger partial charge in [0.2, 0.25) is 0 Å². The second-order valence-electron chi connectivity index (χ2n) is 14.4. The van der Waals surface area contributed by atoms with Crippen LogP contribution in [0.1, 0.15) is 0 Å². The van der Waals surface area contributed by atoms with E-state index in [4.69, 9.17) is 19.9 Å². The van der Waals surface area contributed by atoms with E-state index in [9.17, 15) is 0 Å². The number of hydrogen-bond donors (Lipinski definition) is 0. The van der Waals surface area contributed by atoms with Crippen LogP contribution < -0.4 is 0 Å². The number of fused-ring (bicyclic) bond motifs is 9. The van der Waals surface area contributed by atoms with E-state index in [1.165, 1.54) is 43.1 Å². The van der Waals surface area contributed by atoms with Gasteiger partial charge in [-0.05, 0) is 82.2 Å². The van der Waals surface area contributed by atoms with Gasteiger partial charge < -0.3 is 9.13 Å². The molecule has 4 aromatic heterocycles. The van der Waals surface area contributed by atoms with E-state index in [2.05, 4.69) is 179 Å². The Labute approximate surface area is 320 Å². The minimum Gasteiger partial charge on any atom is -0.309 e. The Bertz CT molecular complexity index is 3450. The molecule has 6 nitrogen and oxygen atoms in total. The quantitative estimate of drug-likeness (QED) is 0.182. The molecule has 12 aromatic rings. The van der Waals surface area contributed by atoms with Gasteiger partial charge in [0.15, 0.2) is 11.5 Å². The molecule has 0 aliphatic carbocycles. The number of para-hydroxylation sites is 2. The zero-order chi connectivity index (χ0) is 36.7. The SMILES string of the molecule is c1ccc(-n2c3ccccc3c3ccc(-c4nc(-c5cccc(-n6c7cc8ccccc8cc7c7cc8ccccc8cc76)c5)nc5nccnc45)cc32)cc1. The zero-order valence-electron chi connectivity index (χ0n) is 30.0. The molecule has 0 saturated carbocycles. The summed E-state index contributed by atoms with van der Waals surface area (Å²) in [4.78, 5) is 19.8. The van der Waals surface area contributed by atoms with E-state index >= 15 is 0 Å². The fraction of sp³-hybridized carbons (Fsp3) is 0. The largest absolute Gasteiger partial charge is 0.309 e. The van der Waals surface area contributed by atoms with Crippen LogP contribution in [0.2, 0.25) is 0 Å². The van der Waals surface area contributed by atoms with E-state index in [-0.39, 0.29) is 0 Å². The summed E-state index contributed by atoms with van der Waals surface area (Å²) in [7, 11) is 0. The molecule has 12 rings (SSSR count). The van der Waals surface area contributed by atoms with E-state index < -0.39 is 0 Å². The Kier molecular flexibility index (Phi) is 6.53. The highest BCUT2D eigenvalue weighted by atomic mass is 15.0. The lowest BCUT2D eigenvalue weighted by Crippen LogP contribution is -2.00. The lowest BCUT2D eigenvalue weighted by Gasteiger charge is -2.12. The van der Waals surface area contributed by atoms with Gasteiger partial charge in [0, 0.05) is 56.4 Å². The fourth-order valence-electron chi connectivity index (χ4n) is 8.62. The molecule has 0 unspecified atom stereocenters. The van der Waals surface area contributed by atoms with Gasteiger partial charge in [-0.25, -0.2) is 19.9 Å². The van der Waals surface area contributed by atoms with Crippen molar-refractivity contribution in [3.63, 3.8) is 0 Å². The second kappa shape index (κ2) is 11.9. The van der Waals surface area contributed by atoms with Gasteiger partial charge in [-0.3, -0.25) is 0 Å². The first-order chi connectivity index (χ1) is 27.7. The van der Waals surface area contributed by atoms with Gasteiger partial charge in [0.25, 0.3) is 0 Å². The molecule has 0 amide bonds. The minimum atomic E-state index is 0.552. The molecule has 0 aliphatic heterocycles. The summed E-state index contributed by atoms with van der Waals surface area (Å²) in [6, 6.07) is 60.7. The molecule has 0 spiro atoms. The zero-order valence-corrected chi connectivity index (χ0v) is 30.0. The maximum atomic E-state index is 5.30. The second-order valence-corrected chi connectivity index (χ2v) is 14.4. The molecule has 0 radical (unpaired) electrons. The van der Waals surface area contributed by atoms with Crippen molar-refractivity contribution in [1.29, 1.82) is 0 Å². The van der Waals surface area contributed by atoms with E-state index in [0.29, 0.717) is 17.0 Å². The van der Waals surface area contributed by atoms with Crippen LogP contribution in [0, 0.1) is 0 Å². The minimum absolute atomic E-state index is 0.552. The lowest BCUT2D eigenvalue weighted by molar-refractivity contribution is 1.14. The molecule has 56 heavy (non-hydrogen) atoms. The standard InChI is InChI=1S/C50H30N6/c1-2-16-37(17-3-1)55-43-20-9-8-19-39(43)40-22-21-35(30-44(40)55)47-48-50(52-24-23-51-48)54-49(53-47)36-15-10-18-38(25-36)56-45-28-33-13-6-4-11-31(33)26-41(45)42-27-32-12-5-7-14-34(32)29-46(42)56/h1-30H. The molecule has 6 heteroatoms. The highest BCUT2D eigenvalue weighted by Crippen LogP contribution is 2.39. The summed E-state index contributed by atoms with van der Waals surface area (Å²) in [5.74, 6) is 0.593. The molecule has 0 N–H and O–H groups in total. The summed E-state index contributed by atoms with van der Waals surface area (Å²) in [5.41, 5.74) is 10.5. The third-order valence-corrected chi connectivity index (χ3v) is 11.2. The van der Waals surface area contributed by atoms with Gasteiger partial charge in [0.05, 0.1) is 22.1 Å². The average Bonchev–Trinajstić information content (AvgIpc) is 3.75. The first kappa shape index (κ1) is 30.7. The van der Waals surface area contributed by atoms with Crippen LogP contribution in [0.3, 0.4) is 0 Å². The van der Waals surface area contributed by atoms with Crippen molar-refractivity contribution in [2.24, 2.45) is 0 Å². The van der Waals surface area contributed by atoms with Gasteiger partial charge in [-0.15, -0.1) is 0 Å². The maximum absolute atomic E-state index is 5.30. The maximum Gasteiger partial charge on any atom is 0.182 e. The molecular formula is C50H30N6. The summed E-state index contributed by atoms with van der Waals surface area (Å²) < 4.78 is 4.71. The van der Waals surface area contributed by atoms with E-state index in [1.54, 1.807) is 12.4 Å². The van der Waals surface area contributed by atoms with Crippen LogP contribution >= 0.6 is 0 Å². The Balaban J connectivity index is 1.08. The van der Waals surface area contributed by atoms with Gasteiger partial charge in [-0.2, -0.15) is 0 Å². The molecular weight excluding hydrogens is 685 g/mol. The number of rotatable bonds is 4. The van der Waals surface area contributed by atoms with E-state index in [0.717, 1.165) is 50.3 Å². The van der Waals surface area contributed by atoms with Crippen LogP contribution in [0.25, 0.3) is 110 Å². The highest BCUT2D eigenvalue weighted by Gasteiger charge is 2.19. The van der Waals surface area contributed by atoms with Crippen LogP contribution in [-0.2, 0) is 0 Å². The molecule has 0 fully saturated rings. The molecule has 260 valence electrons. The Hall–Kier alpha value is -7.70. The third kappa shape index (κ3) is 4.63. The number of benzene rings is 8. The van der Waals surface area contributed by atoms with Crippen molar-refractivity contribution < 1.29 is 0 Å². The monoisotopic (exact) mass is 714 g/mol. The summed E-state index contributed by atoms with van der Waals surface area (Å²) in [6.45, 7) is 0. The van der Waals surface area contributed by atoms with Gasteiger partial charge in [-0.1, -0.05) is 109 Å². The number of aromatic nitrogens is 6. The number of nitrogens with zero attached hydrogens (tertiary/aromatic N) is 6. The van der Waals surface area contributed by atoms with Gasteiger partial charge >= 0.3 is 0 Å². The molecule has 0 bridgehead atoms. The highest BCUT2D eigenvalue weighted by molar-refractivity contribution is 6.17. The van der Waals surface area contributed by atoms with Crippen molar-refractivity contribution in [1.82, 2.24) is 29.1 Å². The Morgan fingerprint density at radius 1 is 0.357 bits per heavy atom. The first-order valence-electron chi connectivity index (χ1n) is 18.8. The van der Waals surface area contributed by atoms with Crippen LogP contribution in [0.15, 0.2) is 182 Å². The van der Waals surface area contributed by atoms with Crippen molar-refractivity contribution >= 4 is 76.3 Å². The van der Waals surface area contributed by atoms with Crippen molar-refractivity contribution in [3.8, 4) is 34.0 Å². The summed E-state index contributed by atoms with van der Waals surface area (Å²) in [5, 5.41) is 9.67. The molecule has 0 saturated heterocycles. The van der Waals surface area contributed by atoms with E-state index in [1.807, 2.05) is 0 Å². The third-order valence-electron chi connectivity index (χ3n) is 11.2. The van der Waals surface area contributed by atoms with Crippen LogP contribution in [-0.4, -0.2) is 29.1 Å². The van der Waals surface area contributed by atoms with Crippen LogP contribution in [0.5, 0.6) is 0 Å². The predicted octanol–water partition coefficient (Wildman–Crippen LogP) is 12.3. The van der Waals surface area contributed by atoms with Gasteiger partial charge in [0.1, 0.15) is 11.2 Å². The predicted molar refractivity (Wildman–Crippen MR) is 230 cm³/mol. The first-order valence-corrected chi connectivity index (χ1v) is 18.8. The van der Waals surface area contributed by atoms with Crippen molar-refractivity contribution in [3.05, 3.63) is 182 Å². The summed E-state index contributed by atoms with van der Waals surface area (Å²) in [6.07, 6.45) is 3.41. The molecule has 8 aromatic carbocycles. The molecule has 0 aliphatic rings.